The Morgan fingerprint density at radius 2 is 2.08 bits per heavy atom. The summed E-state index contributed by atoms with van der Waals surface area (Å²) in [5, 5.41) is 12.2. The molecule has 1 saturated heterocycles. The maximum absolute atomic E-state index is 12.5. The first-order valence-corrected chi connectivity index (χ1v) is 9.27. The van der Waals surface area contributed by atoms with Crippen LogP contribution in [0.25, 0.3) is 6.08 Å². The highest BCUT2D eigenvalue weighted by Gasteiger charge is 2.32. The lowest BCUT2D eigenvalue weighted by Crippen LogP contribution is -2.35. The average molecular weight is 379 g/mol. The molecule has 26 heavy (non-hydrogen) atoms. The second-order valence-electron chi connectivity index (χ2n) is 6.80. The second-order valence-corrected chi connectivity index (χ2v) is 7.21. The van der Waals surface area contributed by atoms with Gasteiger partial charge in [0, 0.05) is 37.3 Å². The summed E-state index contributed by atoms with van der Waals surface area (Å²) in [5.41, 5.74) is 2.17. The summed E-state index contributed by atoms with van der Waals surface area (Å²) in [5.74, 6) is 0.433. The van der Waals surface area contributed by atoms with Gasteiger partial charge < -0.3 is 10.2 Å². The first kappa shape index (κ1) is 18.7. The predicted molar refractivity (Wildman–Crippen MR) is 98.8 cm³/mol. The Morgan fingerprint density at radius 3 is 2.77 bits per heavy atom. The van der Waals surface area contributed by atoms with Crippen LogP contribution in [0.1, 0.15) is 37.7 Å². The minimum Gasteiger partial charge on any atom is -0.364 e. The summed E-state index contributed by atoms with van der Waals surface area (Å²) >= 11 is 6.27. The van der Waals surface area contributed by atoms with E-state index in [2.05, 4.69) is 10.3 Å². The van der Waals surface area contributed by atoms with Gasteiger partial charge in [0.05, 0.1) is 5.02 Å². The monoisotopic (exact) mass is 378 g/mol. The highest BCUT2D eigenvalue weighted by molar-refractivity contribution is 6.33. The topological polar surface area (TPSA) is 94.6 Å². The fraction of sp³-hybridized carbons (Fsp3) is 0.500. The number of hydrogen-bond donors (Lipinski definition) is 3. The summed E-state index contributed by atoms with van der Waals surface area (Å²) in [6, 6.07) is 1.82. The molecule has 1 aromatic rings. The van der Waals surface area contributed by atoms with Crippen LogP contribution >= 0.6 is 11.6 Å². The lowest BCUT2D eigenvalue weighted by molar-refractivity contribution is -0.134. The number of halogens is 1. The van der Waals surface area contributed by atoms with Crippen LogP contribution in [-0.4, -0.2) is 46.0 Å². The number of carbonyl (C=O) groups is 2. The van der Waals surface area contributed by atoms with Gasteiger partial charge in [-0.25, -0.2) is 10.5 Å². The number of pyridine rings is 1. The SMILES string of the molecule is O=C(/C=C/c1cnc(N[C@@H]2CCN(C(=O)C3CCCC3)C2)c(Cl)c1)NO. The van der Waals surface area contributed by atoms with E-state index in [0.717, 1.165) is 38.6 Å². The Kier molecular flexibility index (Phi) is 6.11. The largest absolute Gasteiger partial charge is 0.364 e. The molecule has 0 spiro atoms. The van der Waals surface area contributed by atoms with Crippen molar-refractivity contribution in [1.29, 1.82) is 0 Å². The Hall–Kier alpha value is -2.12. The molecule has 2 heterocycles. The van der Waals surface area contributed by atoms with Crippen molar-refractivity contribution in [2.24, 2.45) is 5.92 Å². The van der Waals surface area contributed by atoms with E-state index in [4.69, 9.17) is 16.8 Å². The molecule has 2 amide bonds. The Bertz CT molecular complexity index is 704. The summed E-state index contributed by atoms with van der Waals surface area (Å²) in [6.07, 6.45) is 9.50. The standard InChI is InChI=1S/C18H23ClN4O3/c19-15-9-12(5-6-16(24)22-26)10-20-17(15)21-14-7-8-23(11-14)18(25)13-3-1-2-4-13/h5-6,9-10,13-14,26H,1-4,7-8,11H2,(H,20,21)(H,22,24)/b6-5+/t14-/m1/s1. The van der Waals surface area contributed by atoms with Gasteiger partial charge in [-0.15, -0.1) is 0 Å². The number of likely N-dealkylation sites (tertiary alicyclic amines) is 1. The van der Waals surface area contributed by atoms with Crippen molar-refractivity contribution < 1.29 is 14.8 Å². The number of amides is 2. The molecular weight excluding hydrogens is 356 g/mol. The lowest BCUT2D eigenvalue weighted by Gasteiger charge is -2.21. The van der Waals surface area contributed by atoms with Gasteiger partial charge in [0.2, 0.25) is 5.91 Å². The van der Waals surface area contributed by atoms with Gasteiger partial charge in [0.1, 0.15) is 5.82 Å². The van der Waals surface area contributed by atoms with Gasteiger partial charge in [0.25, 0.3) is 5.91 Å². The zero-order chi connectivity index (χ0) is 18.5. The summed E-state index contributed by atoms with van der Waals surface area (Å²) in [7, 11) is 0. The average Bonchev–Trinajstić information content (AvgIpc) is 3.33. The van der Waals surface area contributed by atoms with Crippen LogP contribution < -0.4 is 10.8 Å². The van der Waals surface area contributed by atoms with Crippen molar-refractivity contribution in [3.05, 3.63) is 28.9 Å². The van der Waals surface area contributed by atoms with Crippen LogP contribution in [-0.2, 0) is 9.59 Å². The fourth-order valence-electron chi connectivity index (χ4n) is 3.56. The van der Waals surface area contributed by atoms with Crippen LogP contribution in [0.15, 0.2) is 18.3 Å². The number of rotatable bonds is 5. The molecule has 1 aromatic heterocycles. The molecule has 7 nitrogen and oxygen atoms in total. The van der Waals surface area contributed by atoms with E-state index in [9.17, 15) is 9.59 Å². The minimum atomic E-state index is -0.624. The number of hydroxylamine groups is 1. The number of aromatic nitrogens is 1. The van der Waals surface area contributed by atoms with Crippen LogP contribution in [0.2, 0.25) is 5.02 Å². The smallest absolute Gasteiger partial charge is 0.267 e. The van der Waals surface area contributed by atoms with Crippen LogP contribution in [0.3, 0.4) is 0 Å². The van der Waals surface area contributed by atoms with Crippen molar-refractivity contribution in [3.8, 4) is 0 Å². The third kappa shape index (κ3) is 4.53. The molecule has 3 N–H and O–H groups in total. The van der Waals surface area contributed by atoms with E-state index in [0.29, 0.717) is 22.9 Å². The first-order chi connectivity index (χ1) is 12.6. The maximum atomic E-state index is 12.5. The summed E-state index contributed by atoms with van der Waals surface area (Å²) in [6.45, 7) is 1.44. The molecule has 0 bridgehead atoms. The zero-order valence-electron chi connectivity index (χ0n) is 14.4. The molecule has 0 radical (unpaired) electrons. The van der Waals surface area contributed by atoms with Crippen molar-refractivity contribution in [1.82, 2.24) is 15.4 Å². The van der Waals surface area contributed by atoms with Gasteiger partial charge in [-0.2, -0.15) is 0 Å². The molecule has 0 unspecified atom stereocenters. The van der Waals surface area contributed by atoms with Gasteiger partial charge in [0.15, 0.2) is 0 Å². The molecule has 1 aliphatic heterocycles. The van der Waals surface area contributed by atoms with E-state index < -0.39 is 5.91 Å². The third-order valence-electron chi connectivity index (χ3n) is 4.94. The van der Waals surface area contributed by atoms with Crippen molar-refractivity contribution in [3.63, 3.8) is 0 Å². The van der Waals surface area contributed by atoms with Gasteiger partial charge in [-0.1, -0.05) is 24.4 Å². The third-order valence-corrected chi connectivity index (χ3v) is 5.23. The van der Waals surface area contributed by atoms with Gasteiger partial charge in [-0.3, -0.25) is 14.8 Å². The molecule has 1 atom stereocenters. The van der Waals surface area contributed by atoms with Crippen molar-refractivity contribution in [2.75, 3.05) is 18.4 Å². The van der Waals surface area contributed by atoms with E-state index in [1.165, 1.54) is 17.6 Å². The first-order valence-electron chi connectivity index (χ1n) is 8.90. The summed E-state index contributed by atoms with van der Waals surface area (Å²) in [4.78, 5) is 29.8. The lowest BCUT2D eigenvalue weighted by atomic mass is 10.1. The molecule has 1 saturated carbocycles. The number of hydrogen-bond acceptors (Lipinski definition) is 5. The Balaban J connectivity index is 1.56. The fourth-order valence-corrected chi connectivity index (χ4v) is 3.79. The molecule has 8 heteroatoms. The quantitative estimate of drug-likeness (QED) is 0.415. The van der Waals surface area contributed by atoms with E-state index in [1.807, 2.05) is 4.90 Å². The van der Waals surface area contributed by atoms with Crippen molar-refractivity contribution in [2.45, 2.75) is 38.1 Å². The number of carbonyl (C=O) groups excluding carboxylic acids is 2. The molecular formula is C18H23ClN4O3. The number of nitrogens with one attached hydrogen (secondary N) is 2. The van der Waals surface area contributed by atoms with Crippen LogP contribution in [0.5, 0.6) is 0 Å². The zero-order valence-corrected chi connectivity index (χ0v) is 15.2. The van der Waals surface area contributed by atoms with Crippen LogP contribution in [0, 0.1) is 5.92 Å². The molecule has 2 aliphatic rings. The van der Waals surface area contributed by atoms with Crippen LogP contribution in [0.4, 0.5) is 5.82 Å². The van der Waals surface area contributed by atoms with E-state index in [1.54, 1.807) is 12.3 Å². The van der Waals surface area contributed by atoms with Gasteiger partial charge in [-0.05, 0) is 37.0 Å². The summed E-state index contributed by atoms with van der Waals surface area (Å²) < 4.78 is 0. The molecule has 0 aromatic carbocycles. The number of nitrogens with zero attached hydrogens (tertiary/aromatic N) is 2. The Morgan fingerprint density at radius 1 is 1.31 bits per heavy atom. The molecule has 2 fully saturated rings. The normalized spacial score (nSPS) is 20.7. The van der Waals surface area contributed by atoms with Gasteiger partial charge >= 0.3 is 0 Å². The Labute approximate surface area is 157 Å². The number of anilines is 1. The highest BCUT2D eigenvalue weighted by atomic mass is 35.5. The second kappa shape index (κ2) is 8.51. The maximum Gasteiger partial charge on any atom is 0.267 e. The molecule has 3 rings (SSSR count). The van der Waals surface area contributed by atoms with E-state index >= 15 is 0 Å². The highest BCUT2D eigenvalue weighted by Crippen LogP contribution is 2.29. The molecule has 140 valence electrons. The minimum absolute atomic E-state index is 0.131. The predicted octanol–water partition coefficient (Wildman–Crippen LogP) is 2.46. The molecule has 1 aliphatic carbocycles. The van der Waals surface area contributed by atoms with E-state index in [-0.39, 0.29) is 17.9 Å². The van der Waals surface area contributed by atoms with Crippen molar-refractivity contribution >= 4 is 35.3 Å².